The van der Waals surface area contributed by atoms with E-state index in [1.165, 1.54) is 18.3 Å². The molecule has 1 aromatic heterocycles. The van der Waals surface area contributed by atoms with Gasteiger partial charge in [0.2, 0.25) is 5.91 Å². The molecule has 118 valence electrons. The number of aromatic nitrogens is 1. The minimum atomic E-state index is -0.888. The summed E-state index contributed by atoms with van der Waals surface area (Å²) in [6, 6.07) is 2.81. The van der Waals surface area contributed by atoms with Gasteiger partial charge in [0.05, 0.1) is 11.0 Å². The van der Waals surface area contributed by atoms with Gasteiger partial charge in [-0.25, -0.2) is 0 Å². The summed E-state index contributed by atoms with van der Waals surface area (Å²) < 4.78 is 0. The van der Waals surface area contributed by atoms with E-state index in [-0.39, 0.29) is 17.8 Å². The number of amides is 2. The summed E-state index contributed by atoms with van der Waals surface area (Å²) in [5.41, 5.74) is 4.55. The molecule has 0 aromatic carbocycles. The third kappa shape index (κ3) is 3.41. The molecule has 2 rings (SSSR count). The summed E-state index contributed by atoms with van der Waals surface area (Å²) in [6.45, 7) is 0.0837. The molecule has 0 saturated heterocycles. The molecule has 1 heterocycles. The Bertz CT molecular complexity index is 577. The lowest BCUT2D eigenvalue weighted by atomic mass is 9.74. The van der Waals surface area contributed by atoms with Crippen molar-refractivity contribution in [2.75, 3.05) is 6.54 Å². The molecule has 22 heavy (non-hydrogen) atoms. The van der Waals surface area contributed by atoms with Gasteiger partial charge in [0.1, 0.15) is 5.69 Å². The Morgan fingerprint density at radius 3 is 2.41 bits per heavy atom. The lowest BCUT2D eigenvalue weighted by Gasteiger charge is -2.33. The molecule has 0 atom stereocenters. The van der Waals surface area contributed by atoms with Crippen LogP contribution in [-0.4, -0.2) is 34.4 Å². The van der Waals surface area contributed by atoms with Crippen LogP contribution in [0.25, 0.3) is 0 Å². The van der Waals surface area contributed by atoms with Gasteiger partial charge < -0.3 is 16.2 Å². The molecule has 0 spiro atoms. The van der Waals surface area contributed by atoms with Gasteiger partial charge in [0.25, 0.3) is 5.91 Å². The van der Waals surface area contributed by atoms with Crippen molar-refractivity contribution >= 4 is 17.8 Å². The van der Waals surface area contributed by atoms with Crippen molar-refractivity contribution < 1.29 is 19.5 Å². The van der Waals surface area contributed by atoms with Crippen molar-refractivity contribution in [3.63, 3.8) is 0 Å². The number of rotatable bonds is 5. The summed E-state index contributed by atoms with van der Waals surface area (Å²) in [5, 5.41) is 12.1. The Balaban J connectivity index is 2.01. The topological polar surface area (TPSA) is 122 Å². The van der Waals surface area contributed by atoms with Gasteiger partial charge in [-0.1, -0.05) is 19.3 Å². The molecule has 7 nitrogen and oxygen atoms in total. The van der Waals surface area contributed by atoms with Crippen LogP contribution in [0, 0.1) is 5.41 Å². The number of nitrogens with two attached hydrogens (primary N) is 1. The maximum atomic E-state index is 12.1. The highest BCUT2D eigenvalue weighted by atomic mass is 16.4. The smallest absolute Gasteiger partial charge is 0.311 e. The molecular formula is C15H19N3O4. The number of carboxylic acid groups (broad SMARTS) is 1. The third-order valence-electron chi connectivity index (χ3n) is 4.13. The van der Waals surface area contributed by atoms with E-state index in [0.717, 1.165) is 19.3 Å². The summed E-state index contributed by atoms with van der Waals surface area (Å²) in [4.78, 5) is 38.4. The van der Waals surface area contributed by atoms with Gasteiger partial charge in [0.15, 0.2) is 0 Å². The lowest BCUT2D eigenvalue weighted by Crippen LogP contribution is -2.44. The maximum Gasteiger partial charge on any atom is 0.311 e. The van der Waals surface area contributed by atoms with E-state index in [1.807, 2.05) is 0 Å². The van der Waals surface area contributed by atoms with Crippen molar-refractivity contribution in [1.82, 2.24) is 10.3 Å². The van der Waals surface area contributed by atoms with E-state index in [9.17, 15) is 19.5 Å². The zero-order valence-corrected chi connectivity index (χ0v) is 12.2. The van der Waals surface area contributed by atoms with E-state index in [0.29, 0.717) is 12.8 Å². The molecule has 2 amide bonds. The molecule has 1 aliphatic rings. The number of carboxylic acids is 1. The number of hydrogen-bond donors (Lipinski definition) is 3. The molecule has 1 aromatic rings. The number of aliphatic carboxylic acids is 1. The molecule has 0 bridgehead atoms. The Kier molecular flexibility index (Phi) is 4.75. The minimum Gasteiger partial charge on any atom is -0.481 e. The molecular weight excluding hydrogens is 286 g/mol. The molecule has 0 aliphatic heterocycles. The zero-order chi connectivity index (χ0) is 16.2. The van der Waals surface area contributed by atoms with Crippen LogP contribution in [0.3, 0.4) is 0 Å². The van der Waals surface area contributed by atoms with Crippen LogP contribution in [0.15, 0.2) is 18.3 Å². The highest BCUT2D eigenvalue weighted by Crippen LogP contribution is 2.36. The number of carbonyl (C=O) groups excluding carboxylic acids is 2. The summed E-state index contributed by atoms with van der Waals surface area (Å²) in [6.07, 6.45) is 5.10. The van der Waals surface area contributed by atoms with Crippen LogP contribution < -0.4 is 11.1 Å². The van der Waals surface area contributed by atoms with Crippen molar-refractivity contribution in [2.24, 2.45) is 11.1 Å². The Hall–Kier alpha value is -2.44. The normalized spacial score (nSPS) is 16.7. The predicted molar refractivity (Wildman–Crippen MR) is 78.2 cm³/mol. The van der Waals surface area contributed by atoms with Crippen LogP contribution in [0.5, 0.6) is 0 Å². The van der Waals surface area contributed by atoms with Crippen LogP contribution in [-0.2, 0) is 4.79 Å². The van der Waals surface area contributed by atoms with Gasteiger partial charge in [-0.05, 0) is 25.0 Å². The molecule has 0 unspecified atom stereocenters. The number of pyridine rings is 1. The van der Waals surface area contributed by atoms with Crippen molar-refractivity contribution in [1.29, 1.82) is 0 Å². The summed E-state index contributed by atoms with van der Waals surface area (Å²) >= 11 is 0. The largest absolute Gasteiger partial charge is 0.481 e. The van der Waals surface area contributed by atoms with Crippen LogP contribution >= 0.6 is 0 Å². The van der Waals surface area contributed by atoms with Gasteiger partial charge in [-0.3, -0.25) is 19.4 Å². The molecule has 4 N–H and O–H groups in total. The fourth-order valence-corrected chi connectivity index (χ4v) is 2.71. The average Bonchev–Trinajstić information content (AvgIpc) is 2.53. The van der Waals surface area contributed by atoms with E-state index in [1.54, 1.807) is 0 Å². The van der Waals surface area contributed by atoms with E-state index < -0.39 is 23.2 Å². The fraction of sp³-hybridized carbons (Fsp3) is 0.467. The number of carbonyl (C=O) groups is 3. The zero-order valence-electron chi connectivity index (χ0n) is 12.2. The number of nitrogens with one attached hydrogen (secondary N) is 1. The molecule has 1 fully saturated rings. The van der Waals surface area contributed by atoms with Gasteiger partial charge in [-0.15, -0.1) is 0 Å². The van der Waals surface area contributed by atoms with Crippen molar-refractivity contribution in [3.8, 4) is 0 Å². The Morgan fingerprint density at radius 2 is 1.91 bits per heavy atom. The molecule has 0 radical (unpaired) electrons. The first kappa shape index (κ1) is 15.9. The minimum absolute atomic E-state index is 0.0837. The molecule has 1 saturated carbocycles. The van der Waals surface area contributed by atoms with E-state index in [2.05, 4.69) is 10.3 Å². The van der Waals surface area contributed by atoms with Gasteiger partial charge >= 0.3 is 5.97 Å². The second-order valence-corrected chi connectivity index (χ2v) is 5.63. The number of nitrogens with zero attached hydrogens (tertiary/aromatic N) is 1. The Morgan fingerprint density at radius 1 is 1.23 bits per heavy atom. The van der Waals surface area contributed by atoms with E-state index >= 15 is 0 Å². The predicted octanol–water partition coefficient (Wildman–Crippen LogP) is 0.945. The lowest BCUT2D eigenvalue weighted by molar-refractivity contribution is -0.150. The fourth-order valence-electron chi connectivity index (χ4n) is 2.71. The number of hydrogen-bond acceptors (Lipinski definition) is 4. The van der Waals surface area contributed by atoms with Crippen LogP contribution in [0.4, 0.5) is 0 Å². The van der Waals surface area contributed by atoms with Crippen molar-refractivity contribution in [2.45, 2.75) is 32.1 Å². The monoisotopic (exact) mass is 305 g/mol. The first-order chi connectivity index (χ1) is 10.4. The standard InChI is InChI=1S/C15H19N3O4/c16-12(19)10-4-5-11(17-8-10)13(20)18-9-15(14(21)22)6-2-1-3-7-15/h4-5,8H,1-3,6-7,9H2,(H2,16,19)(H,18,20)(H,21,22). The first-order valence-corrected chi connectivity index (χ1v) is 7.22. The number of primary amides is 1. The third-order valence-corrected chi connectivity index (χ3v) is 4.13. The van der Waals surface area contributed by atoms with E-state index in [4.69, 9.17) is 5.73 Å². The summed E-state index contributed by atoms with van der Waals surface area (Å²) in [5.74, 6) is -1.95. The molecule has 1 aliphatic carbocycles. The molecule has 7 heteroatoms. The average molecular weight is 305 g/mol. The highest BCUT2D eigenvalue weighted by Gasteiger charge is 2.39. The Labute approximate surface area is 127 Å². The van der Waals surface area contributed by atoms with Crippen molar-refractivity contribution in [3.05, 3.63) is 29.6 Å². The highest BCUT2D eigenvalue weighted by molar-refractivity contribution is 5.95. The first-order valence-electron chi connectivity index (χ1n) is 7.22. The van der Waals surface area contributed by atoms with Crippen LogP contribution in [0.2, 0.25) is 0 Å². The van der Waals surface area contributed by atoms with Crippen LogP contribution in [0.1, 0.15) is 53.0 Å². The SMILES string of the molecule is NC(=O)c1ccc(C(=O)NCC2(C(=O)O)CCCCC2)nc1. The second-order valence-electron chi connectivity index (χ2n) is 5.63. The quantitative estimate of drug-likeness (QED) is 0.747. The maximum absolute atomic E-state index is 12.1. The van der Waals surface area contributed by atoms with Gasteiger partial charge in [-0.2, -0.15) is 0 Å². The summed E-state index contributed by atoms with van der Waals surface area (Å²) in [7, 11) is 0. The van der Waals surface area contributed by atoms with Gasteiger partial charge in [0, 0.05) is 12.7 Å². The second kappa shape index (κ2) is 6.55.